The van der Waals surface area contributed by atoms with Crippen LogP contribution in [-0.4, -0.2) is 23.7 Å². The lowest BCUT2D eigenvalue weighted by Crippen LogP contribution is -2.30. The van der Waals surface area contributed by atoms with Gasteiger partial charge in [0.2, 0.25) is 0 Å². The summed E-state index contributed by atoms with van der Waals surface area (Å²) in [7, 11) is 0. The van der Waals surface area contributed by atoms with Gasteiger partial charge in [0.05, 0.1) is 5.69 Å². The molecule has 8 heteroatoms. The molecule has 1 rings (SSSR count). The van der Waals surface area contributed by atoms with E-state index in [1.807, 2.05) is 0 Å². The van der Waals surface area contributed by atoms with E-state index in [1.165, 1.54) is 0 Å². The van der Waals surface area contributed by atoms with Crippen molar-refractivity contribution in [3.05, 3.63) is 29.6 Å². The van der Waals surface area contributed by atoms with Crippen molar-refractivity contribution >= 4 is 17.7 Å². The van der Waals surface area contributed by atoms with E-state index in [0.717, 1.165) is 6.07 Å². The molecule has 5 nitrogen and oxygen atoms in total. The number of carboxylic acid groups (broad SMARTS) is 1. The first kappa shape index (κ1) is 16.8. The number of rotatable bonds is 7. The molecule has 21 heavy (non-hydrogen) atoms. The van der Waals surface area contributed by atoms with Crippen LogP contribution in [0.1, 0.15) is 25.7 Å². The highest BCUT2D eigenvalue weighted by Crippen LogP contribution is 2.19. The number of hydrogen-bond donors (Lipinski definition) is 3. The number of carbonyl (C=O) groups excluding carboxylic acids is 1. The number of benzene rings is 1. The molecule has 0 aliphatic carbocycles. The van der Waals surface area contributed by atoms with Crippen molar-refractivity contribution in [1.82, 2.24) is 5.32 Å². The zero-order chi connectivity index (χ0) is 15.8. The molecule has 0 heterocycles. The van der Waals surface area contributed by atoms with Gasteiger partial charge in [0.15, 0.2) is 17.5 Å². The summed E-state index contributed by atoms with van der Waals surface area (Å²) in [6.45, 7) is 0.261. The van der Waals surface area contributed by atoms with E-state index in [1.54, 1.807) is 0 Å². The molecular formula is C13H15F3N2O3. The number of carboxylic acids is 1. The Balaban J connectivity index is 2.31. The fourth-order valence-electron chi connectivity index (χ4n) is 1.57. The molecule has 0 aliphatic heterocycles. The Morgan fingerprint density at radius 1 is 1.05 bits per heavy atom. The highest BCUT2D eigenvalue weighted by Gasteiger charge is 2.14. The molecule has 0 saturated heterocycles. The van der Waals surface area contributed by atoms with Gasteiger partial charge in [0, 0.05) is 13.0 Å². The van der Waals surface area contributed by atoms with Gasteiger partial charge >= 0.3 is 12.0 Å². The predicted molar refractivity (Wildman–Crippen MR) is 69.4 cm³/mol. The highest BCUT2D eigenvalue weighted by atomic mass is 19.2. The van der Waals surface area contributed by atoms with Crippen LogP contribution in [0.4, 0.5) is 23.7 Å². The lowest BCUT2D eigenvalue weighted by molar-refractivity contribution is -0.137. The molecule has 1 aromatic carbocycles. The Bertz CT molecular complexity index is 524. The predicted octanol–water partition coefficient (Wildman–Crippen LogP) is 2.87. The summed E-state index contributed by atoms with van der Waals surface area (Å²) >= 11 is 0. The van der Waals surface area contributed by atoms with Crippen LogP contribution in [0.3, 0.4) is 0 Å². The van der Waals surface area contributed by atoms with Crippen LogP contribution in [0.25, 0.3) is 0 Å². The van der Waals surface area contributed by atoms with Crippen molar-refractivity contribution in [2.75, 3.05) is 11.9 Å². The summed E-state index contributed by atoms with van der Waals surface area (Å²) in [4.78, 5) is 21.7. The molecule has 2 amide bonds. The Morgan fingerprint density at radius 2 is 1.76 bits per heavy atom. The van der Waals surface area contributed by atoms with Gasteiger partial charge in [0.1, 0.15) is 0 Å². The Labute approximate surface area is 119 Å². The third-order valence-electron chi connectivity index (χ3n) is 2.64. The first-order chi connectivity index (χ1) is 9.91. The van der Waals surface area contributed by atoms with Crippen LogP contribution in [-0.2, 0) is 4.79 Å². The second kappa shape index (κ2) is 8.13. The standard InChI is InChI=1S/C13H15F3N2O3/c14-8-5-6-9(12(16)11(8)15)18-13(21)17-7-3-1-2-4-10(19)20/h5-6H,1-4,7H2,(H,19,20)(H2,17,18,21). The van der Waals surface area contributed by atoms with E-state index >= 15 is 0 Å². The quantitative estimate of drug-likeness (QED) is 0.535. The summed E-state index contributed by atoms with van der Waals surface area (Å²) in [6.07, 6.45) is 1.73. The maximum Gasteiger partial charge on any atom is 0.319 e. The van der Waals surface area contributed by atoms with E-state index in [9.17, 15) is 22.8 Å². The van der Waals surface area contributed by atoms with E-state index in [0.29, 0.717) is 25.3 Å². The summed E-state index contributed by atoms with van der Waals surface area (Å²) in [6, 6.07) is 0.873. The highest BCUT2D eigenvalue weighted by molar-refractivity contribution is 5.89. The van der Waals surface area contributed by atoms with Crippen molar-refractivity contribution in [2.45, 2.75) is 25.7 Å². The summed E-state index contributed by atoms with van der Waals surface area (Å²) in [5.41, 5.74) is -0.461. The lowest BCUT2D eigenvalue weighted by atomic mass is 10.2. The largest absolute Gasteiger partial charge is 0.481 e. The van der Waals surface area contributed by atoms with Crippen LogP contribution in [0.5, 0.6) is 0 Å². The van der Waals surface area contributed by atoms with Gasteiger partial charge in [-0.3, -0.25) is 4.79 Å². The molecule has 0 aromatic heterocycles. The molecule has 0 fully saturated rings. The summed E-state index contributed by atoms with van der Waals surface area (Å²) in [5.74, 6) is -5.33. The SMILES string of the molecule is O=C(O)CCCCCNC(=O)Nc1ccc(F)c(F)c1F. The molecule has 0 bridgehead atoms. The molecule has 3 N–H and O–H groups in total. The van der Waals surface area contributed by atoms with Gasteiger partial charge < -0.3 is 15.7 Å². The van der Waals surface area contributed by atoms with Crippen molar-refractivity contribution in [1.29, 1.82) is 0 Å². The minimum absolute atomic E-state index is 0.0618. The Morgan fingerprint density at radius 3 is 2.43 bits per heavy atom. The maximum absolute atomic E-state index is 13.3. The summed E-state index contributed by atoms with van der Waals surface area (Å²) < 4.78 is 38.9. The van der Waals surface area contributed by atoms with E-state index < -0.39 is 35.1 Å². The molecule has 1 aromatic rings. The van der Waals surface area contributed by atoms with Crippen molar-refractivity contribution in [3.8, 4) is 0 Å². The fraction of sp³-hybridized carbons (Fsp3) is 0.385. The number of amides is 2. The van der Waals surface area contributed by atoms with Crippen LogP contribution in [0.15, 0.2) is 12.1 Å². The molecule has 0 atom stereocenters. The third kappa shape index (κ3) is 5.72. The molecule has 0 unspecified atom stereocenters. The van der Waals surface area contributed by atoms with Gasteiger partial charge in [-0.1, -0.05) is 6.42 Å². The van der Waals surface area contributed by atoms with Gasteiger partial charge in [0.25, 0.3) is 0 Å². The normalized spacial score (nSPS) is 10.2. The molecule has 116 valence electrons. The first-order valence-corrected chi connectivity index (χ1v) is 6.32. The molecular weight excluding hydrogens is 289 g/mol. The lowest BCUT2D eigenvalue weighted by Gasteiger charge is -2.08. The van der Waals surface area contributed by atoms with Gasteiger partial charge in [-0.05, 0) is 25.0 Å². The van der Waals surface area contributed by atoms with Crippen LogP contribution < -0.4 is 10.6 Å². The minimum Gasteiger partial charge on any atom is -0.481 e. The van der Waals surface area contributed by atoms with Crippen LogP contribution in [0, 0.1) is 17.5 Å². The molecule has 0 aliphatic rings. The number of nitrogens with one attached hydrogen (secondary N) is 2. The van der Waals surface area contributed by atoms with Gasteiger partial charge in [-0.15, -0.1) is 0 Å². The van der Waals surface area contributed by atoms with Crippen LogP contribution in [0.2, 0.25) is 0 Å². The van der Waals surface area contributed by atoms with Crippen molar-refractivity contribution in [2.24, 2.45) is 0 Å². The second-order valence-corrected chi connectivity index (χ2v) is 4.31. The van der Waals surface area contributed by atoms with Gasteiger partial charge in [-0.25, -0.2) is 18.0 Å². The number of hydrogen-bond acceptors (Lipinski definition) is 2. The number of unbranched alkanes of at least 4 members (excludes halogenated alkanes) is 2. The Kier molecular flexibility index (Phi) is 6.51. The number of anilines is 1. The van der Waals surface area contributed by atoms with E-state index in [4.69, 9.17) is 5.11 Å². The number of halogens is 3. The van der Waals surface area contributed by atoms with Crippen molar-refractivity contribution < 1.29 is 27.9 Å². The van der Waals surface area contributed by atoms with Crippen molar-refractivity contribution in [3.63, 3.8) is 0 Å². The molecule has 0 radical (unpaired) electrons. The fourth-order valence-corrected chi connectivity index (χ4v) is 1.57. The average Bonchev–Trinajstić information content (AvgIpc) is 2.43. The topological polar surface area (TPSA) is 78.4 Å². The third-order valence-corrected chi connectivity index (χ3v) is 2.64. The van der Waals surface area contributed by atoms with E-state index in [-0.39, 0.29) is 13.0 Å². The first-order valence-electron chi connectivity index (χ1n) is 6.32. The van der Waals surface area contributed by atoms with E-state index in [2.05, 4.69) is 10.6 Å². The Hall–Kier alpha value is -2.25. The molecule has 0 spiro atoms. The minimum atomic E-state index is -1.65. The molecule has 0 saturated carbocycles. The van der Waals surface area contributed by atoms with Crippen LogP contribution >= 0.6 is 0 Å². The number of carbonyl (C=O) groups is 2. The summed E-state index contributed by atoms with van der Waals surface area (Å²) in [5, 5.41) is 12.9. The smallest absolute Gasteiger partial charge is 0.319 e. The van der Waals surface area contributed by atoms with Gasteiger partial charge in [-0.2, -0.15) is 0 Å². The second-order valence-electron chi connectivity index (χ2n) is 4.31. The number of urea groups is 1. The average molecular weight is 304 g/mol. The number of aliphatic carboxylic acids is 1. The zero-order valence-corrected chi connectivity index (χ0v) is 11.1. The zero-order valence-electron chi connectivity index (χ0n) is 11.1. The maximum atomic E-state index is 13.3. The monoisotopic (exact) mass is 304 g/mol.